The van der Waals surface area contributed by atoms with Crippen LogP contribution in [0, 0.1) is 0 Å². The molecule has 1 aliphatic rings. The predicted octanol–water partition coefficient (Wildman–Crippen LogP) is 2.99. The number of hydroxylamine groups is 2. The number of carbonyl (C=O) groups excluding carboxylic acids is 3. The minimum atomic E-state index is -0.459. The van der Waals surface area contributed by atoms with Gasteiger partial charge in [-0.3, -0.25) is 19.6 Å². The number of nitrogens with zero attached hydrogens (tertiary/aromatic N) is 2. The lowest BCUT2D eigenvalue weighted by atomic mass is 10.0. The van der Waals surface area contributed by atoms with Crippen molar-refractivity contribution in [3.63, 3.8) is 0 Å². The number of rotatable bonds is 10. The van der Waals surface area contributed by atoms with Crippen molar-refractivity contribution >= 4 is 23.9 Å². The summed E-state index contributed by atoms with van der Waals surface area (Å²) in [6.45, 7) is 4.05. The third-order valence-corrected chi connectivity index (χ3v) is 5.28. The van der Waals surface area contributed by atoms with E-state index in [9.17, 15) is 19.6 Å². The topological polar surface area (TPSA) is 108 Å². The summed E-state index contributed by atoms with van der Waals surface area (Å²) < 4.78 is 11.0. The molecule has 1 atom stereocenters. The van der Waals surface area contributed by atoms with Crippen molar-refractivity contribution in [2.24, 2.45) is 0 Å². The first-order chi connectivity index (χ1) is 15.4. The summed E-state index contributed by atoms with van der Waals surface area (Å²) in [5, 5.41) is 12.9. The van der Waals surface area contributed by atoms with E-state index in [1.54, 1.807) is 36.3 Å². The average molecular weight is 441 g/mol. The maximum atomic E-state index is 13.4. The zero-order valence-corrected chi connectivity index (χ0v) is 18.3. The maximum absolute atomic E-state index is 13.4. The highest BCUT2D eigenvalue weighted by atomic mass is 16.5. The van der Waals surface area contributed by atoms with Crippen molar-refractivity contribution in [2.75, 3.05) is 25.6 Å². The smallest absolute Gasteiger partial charge is 0.257 e. The Morgan fingerprint density at radius 1 is 1.31 bits per heavy atom. The minimum absolute atomic E-state index is 0.0306. The van der Waals surface area contributed by atoms with Crippen LogP contribution in [0.1, 0.15) is 47.8 Å². The fourth-order valence-corrected chi connectivity index (χ4v) is 3.91. The molecule has 170 valence electrons. The van der Waals surface area contributed by atoms with Gasteiger partial charge in [0.25, 0.3) is 5.91 Å². The summed E-state index contributed by atoms with van der Waals surface area (Å²) in [6, 6.07) is 10.3. The molecule has 2 aromatic rings. The molecule has 32 heavy (non-hydrogen) atoms. The van der Waals surface area contributed by atoms with Crippen LogP contribution in [0.4, 0.5) is 5.69 Å². The predicted molar refractivity (Wildman–Crippen MR) is 117 cm³/mol. The van der Waals surface area contributed by atoms with Crippen LogP contribution >= 0.6 is 0 Å². The molecular formula is C23H27N3O6. The Hall–Kier alpha value is -3.59. The fourth-order valence-electron chi connectivity index (χ4n) is 3.91. The molecule has 2 aromatic carbocycles. The molecule has 0 bridgehead atoms. The number of carbonyl (C=O) groups is 3. The molecular weight excluding hydrogens is 414 g/mol. The van der Waals surface area contributed by atoms with Crippen LogP contribution in [0.5, 0.6) is 11.5 Å². The molecule has 9 heteroatoms. The third kappa shape index (κ3) is 4.83. The summed E-state index contributed by atoms with van der Waals surface area (Å²) in [6.07, 6.45) is 0.620. The summed E-state index contributed by atoms with van der Waals surface area (Å²) >= 11 is 0. The number of methoxy groups -OCH3 is 1. The second kappa shape index (κ2) is 10.1. The molecule has 2 N–H and O–H groups in total. The van der Waals surface area contributed by atoms with E-state index in [4.69, 9.17) is 9.47 Å². The first-order valence-electron chi connectivity index (χ1n) is 10.3. The Morgan fingerprint density at radius 3 is 2.75 bits per heavy atom. The Labute approximate surface area is 186 Å². The van der Waals surface area contributed by atoms with E-state index in [0.717, 1.165) is 11.1 Å². The van der Waals surface area contributed by atoms with Gasteiger partial charge in [0, 0.05) is 13.5 Å². The van der Waals surface area contributed by atoms with E-state index in [1.807, 2.05) is 19.1 Å². The molecule has 0 fully saturated rings. The first-order valence-corrected chi connectivity index (χ1v) is 10.3. The molecule has 1 heterocycles. The highest BCUT2D eigenvalue weighted by Crippen LogP contribution is 2.39. The quantitative estimate of drug-likeness (QED) is 0.333. The van der Waals surface area contributed by atoms with Crippen LogP contribution in [0.25, 0.3) is 0 Å². The summed E-state index contributed by atoms with van der Waals surface area (Å²) in [4.78, 5) is 37.6. The number of amides is 3. The van der Waals surface area contributed by atoms with Crippen LogP contribution < -0.4 is 14.8 Å². The molecule has 0 radical (unpaired) electrons. The standard InChI is InChI=1S/C23H27N3O6/c1-4-32-21-12-16(8-9-20(21)31-3)19(10-11-25(30)14-27)26-13-17-6-5-7-18(24-15(2)28)22(17)23(26)29/h5-9,12,14,19,30H,4,10-11,13H2,1-3H3,(H,24,28)/t19-/m1/s1. The third-order valence-electron chi connectivity index (χ3n) is 5.28. The van der Waals surface area contributed by atoms with E-state index in [-0.39, 0.29) is 18.4 Å². The van der Waals surface area contributed by atoms with Gasteiger partial charge in [0.15, 0.2) is 11.5 Å². The van der Waals surface area contributed by atoms with Crippen LogP contribution in [-0.4, -0.2) is 53.7 Å². The zero-order valence-electron chi connectivity index (χ0n) is 18.3. The number of fused-ring (bicyclic) bond motifs is 1. The van der Waals surface area contributed by atoms with Gasteiger partial charge in [-0.1, -0.05) is 18.2 Å². The van der Waals surface area contributed by atoms with Gasteiger partial charge in [-0.05, 0) is 42.7 Å². The van der Waals surface area contributed by atoms with E-state index in [2.05, 4.69) is 5.32 Å². The zero-order chi connectivity index (χ0) is 23.3. The number of nitrogens with one attached hydrogen (secondary N) is 1. The lowest BCUT2D eigenvalue weighted by molar-refractivity contribution is -0.150. The Kier molecular flexibility index (Phi) is 7.32. The van der Waals surface area contributed by atoms with Gasteiger partial charge < -0.3 is 19.7 Å². The number of hydrogen-bond donors (Lipinski definition) is 2. The van der Waals surface area contributed by atoms with Crippen molar-refractivity contribution in [1.29, 1.82) is 0 Å². The molecule has 0 aromatic heterocycles. The molecule has 9 nitrogen and oxygen atoms in total. The lowest BCUT2D eigenvalue weighted by Gasteiger charge is -2.29. The summed E-state index contributed by atoms with van der Waals surface area (Å²) in [7, 11) is 1.55. The van der Waals surface area contributed by atoms with Gasteiger partial charge in [0.05, 0.1) is 37.6 Å². The van der Waals surface area contributed by atoms with E-state index in [0.29, 0.717) is 53.8 Å². The molecule has 0 saturated heterocycles. The van der Waals surface area contributed by atoms with Crippen LogP contribution in [0.3, 0.4) is 0 Å². The van der Waals surface area contributed by atoms with Crippen LogP contribution in [-0.2, 0) is 16.1 Å². The van der Waals surface area contributed by atoms with Gasteiger partial charge in [-0.2, -0.15) is 0 Å². The number of benzene rings is 2. The average Bonchev–Trinajstić information content (AvgIpc) is 3.11. The highest BCUT2D eigenvalue weighted by molar-refractivity contribution is 6.06. The van der Waals surface area contributed by atoms with Crippen molar-refractivity contribution in [2.45, 2.75) is 32.9 Å². The Bertz CT molecular complexity index is 1010. The van der Waals surface area contributed by atoms with Crippen molar-refractivity contribution in [3.05, 3.63) is 53.1 Å². The highest BCUT2D eigenvalue weighted by Gasteiger charge is 2.36. The molecule has 3 rings (SSSR count). The molecule has 0 unspecified atom stereocenters. The molecule has 1 aliphatic heterocycles. The molecule has 0 spiro atoms. The molecule has 0 aliphatic carbocycles. The second-order valence-electron chi connectivity index (χ2n) is 7.37. The number of hydrogen-bond acceptors (Lipinski definition) is 6. The number of anilines is 1. The lowest BCUT2D eigenvalue weighted by Crippen LogP contribution is -2.32. The SMILES string of the molecule is CCOc1cc([C@@H](CCN(O)C=O)N2Cc3cccc(NC(C)=O)c3C2=O)ccc1OC. The van der Waals surface area contributed by atoms with E-state index in [1.165, 1.54) is 6.92 Å². The normalized spacial score (nSPS) is 13.4. The minimum Gasteiger partial charge on any atom is -0.493 e. The van der Waals surface area contributed by atoms with Gasteiger partial charge in [0.1, 0.15) is 0 Å². The van der Waals surface area contributed by atoms with Gasteiger partial charge >= 0.3 is 0 Å². The summed E-state index contributed by atoms with van der Waals surface area (Å²) in [5.74, 6) is 0.602. The second-order valence-corrected chi connectivity index (χ2v) is 7.37. The largest absolute Gasteiger partial charge is 0.493 e. The number of ether oxygens (including phenoxy) is 2. The monoisotopic (exact) mass is 441 g/mol. The van der Waals surface area contributed by atoms with Gasteiger partial charge in [0.2, 0.25) is 12.3 Å². The Morgan fingerprint density at radius 2 is 2.09 bits per heavy atom. The van der Waals surface area contributed by atoms with Crippen molar-refractivity contribution in [1.82, 2.24) is 9.96 Å². The molecule has 0 saturated carbocycles. The van der Waals surface area contributed by atoms with Gasteiger partial charge in [-0.15, -0.1) is 0 Å². The van der Waals surface area contributed by atoms with Crippen LogP contribution in [0.15, 0.2) is 36.4 Å². The van der Waals surface area contributed by atoms with E-state index < -0.39 is 6.04 Å². The van der Waals surface area contributed by atoms with Crippen LogP contribution in [0.2, 0.25) is 0 Å². The van der Waals surface area contributed by atoms with E-state index >= 15 is 0 Å². The summed E-state index contributed by atoms with van der Waals surface area (Å²) in [5.41, 5.74) is 2.47. The van der Waals surface area contributed by atoms with Crippen molar-refractivity contribution in [3.8, 4) is 11.5 Å². The Balaban J connectivity index is 2.00. The first kappa shape index (κ1) is 23.1. The maximum Gasteiger partial charge on any atom is 0.257 e. The van der Waals surface area contributed by atoms with Gasteiger partial charge in [-0.25, -0.2) is 5.06 Å². The molecule has 3 amide bonds. The van der Waals surface area contributed by atoms with Crippen molar-refractivity contribution < 1.29 is 29.1 Å². The fraction of sp³-hybridized carbons (Fsp3) is 0.348.